The fourth-order valence-electron chi connectivity index (χ4n) is 2.34. The molecule has 3 aromatic rings. The summed E-state index contributed by atoms with van der Waals surface area (Å²) in [5, 5.41) is 14.7. The zero-order valence-electron chi connectivity index (χ0n) is 12.7. The molecule has 0 saturated carbocycles. The molecule has 0 radical (unpaired) electrons. The first-order valence-electron chi connectivity index (χ1n) is 7.33. The summed E-state index contributed by atoms with van der Waals surface area (Å²) in [6.07, 6.45) is 1.53. The van der Waals surface area contributed by atoms with Gasteiger partial charge < -0.3 is 5.32 Å². The van der Waals surface area contributed by atoms with Crippen LogP contribution < -0.4 is 5.32 Å². The van der Waals surface area contributed by atoms with Gasteiger partial charge in [0, 0.05) is 10.7 Å². The highest BCUT2D eigenvalue weighted by Crippen LogP contribution is 2.20. The number of benzene rings is 3. The predicted molar refractivity (Wildman–Crippen MR) is 97.6 cm³/mol. The molecule has 0 aliphatic rings. The summed E-state index contributed by atoms with van der Waals surface area (Å²) < 4.78 is 0. The number of carbonyl (C=O) groups excluding carboxylic acids is 1. The summed E-state index contributed by atoms with van der Waals surface area (Å²) in [5.41, 5.74) is 1.42. The molecule has 116 valence electrons. The molecule has 3 nitrogen and oxygen atoms in total. The van der Waals surface area contributed by atoms with E-state index in [4.69, 9.17) is 11.6 Å². The minimum atomic E-state index is -0.442. The molecular weight excluding hydrogens is 320 g/mol. The van der Waals surface area contributed by atoms with Gasteiger partial charge >= 0.3 is 0 Å². The topological polar surface area (TPSA) is 52.9 Å². The molecule has 0 heterocycles. The average Bonchev–Trinajstić information content (AvgIpc) is 2.61. The Morgan fingerprint density at radius 1 is 1.00 bits per heavy atom. The fourth-order valence-corrected chi connectivity index (χ4v) is 2.47. The van der Waals surface area contributed by atoms with E-state index in [1.807, 2.05) is 48.5 Å². The van der Waals surface area contributed by atoms with Gasteiger partial charge in [-0.05, 0) is 46.7 Å². The van der Waals surface area contributed by atoms with E-state index in [-0.39, 0.29) is 5.57 Å². The molecule has 0 aromatic heterocycles. The first-order valence-corrected chi connectivity index (χ1v) is 7.71. The van der Waals surface area contributed by atoms with Crippen molar-refractivity contribution < 1.29 is 4.79 Å². The highest BCUT2D eigenvalue weighted by molar-refractivity contribution is 6.30. The minimum Gasteiger partial charge on any atom is -0.321 e. The van der Waals surface area contributed by atoms with Crippen molar-refractivity contribution >= 4 is 40.0 Å². The SMILES string of the molecule is N#C/C(=C\c1ccc(Cl)cc1)C(=O)Nc1ccc2ccccc2c1. The van der Waals surface area contributed by atoms with Gasteiger partial charge in [-0.2, -0.15) is 5.26 Å². The molecule has 0 aliphatic carbocycles. The smallest absolute Gasteiger partial charge is 0.266 e. The van der Waals surface area contributed by atoms with Gasteiger partial charge in [-0.25, -0.2) is 0 Å². The number of nitrogens with one attached hydrogen (secondary N) is 1. The molecule has 0 saturated heterocycles. The summed E-state index contributed by atoms with van der Waals surface area (Å²) >= 11 is 5.83. The van der Waals surface area contributed by atoms with E-state index < -0.39 is 5.91 Å². The number of halogens is 1. The van der Waals surface area contributed by atoms with E-state index in [2.05, 4.69) is 5.32 Å². The molecule has 1 amide bonds. The van der Waals surface area contributed by atoms with Crippen molar-refractivity contribution in [2.75, 3.05) is 5.32 Å². The van der Waals surface area contributed by atoms with Crippen LogP contribution in [0.3, 0.4) is 0 Å². The Labute approximate surface area is 144 Å². The molecular formula is C20H13ClN2O. The van der Waals surface area contributed by atoms with Gasteiger partial charge in [0.05, 0.1) is 0 Å². The quantitative estimate of drug-likeness (QED) is 0.539. The number of nitriles is 1. The van der Waals surface area contributed by atoms with Gasteiger partial charge in [0.1, 0.15) is 11.6 Å². The first-order chi connectivity index (χ1) is 11.7. The maximum atomic E-state index is 12.3. The van der Waals surface area contributed by atoms with Crippen molar-refractivity contribution in [1.29, 1.82) is 5.26 Å². The van der Waals surface area contributed by atoms with Crippen LogP contribution in [0.1, 0.15) is 5.56 Å². The Balaban J connectivity index is 1.83. The second-order valence-corrected chi connectivity index (χ2v) is 5.67. The van der Waals surface area contributed by atoms with Crippen LogP contribution in [0, 0.1) is 11.3 Å². The van der Waals surface area contributed by atoms with E-state index in [1.165, 1.54) is 6.08 Å². The molecule has 0 fully saturated rings. The summed E-state index contributed by atoms with van der Waals surface area (Å²) in [6.45, 7) is 0. The fraction of sp³-hybridized carbons (Fsp3) is 0. The van der Waals surface area contributed by atoms with E-state index in [0.717, 1.165) is 16.3 Å². The standard InChI is InChI=1S/C20H13ClN2O/c21-18-8-5-14(6-9-18)11-17(13-22)20(24)23-19-10-7-15-3-1-2-4-16(15)12-19/h1-12H,(H,23,24)/b17-11+. The van der Waals surface area contributed by atoms with Crippen molar-refractivity contribution in [1.82, 2.24) is 0 Å². The first kappa shape index (κ1) is 15.8. The lowest BCUT2D eigenvalue weighted by molar-refractivity contribution is -0.112. The molecule has 24 heavy (non-hydrogen) atoms. The molecule has 0 spiro atoms. The Hall–Kier alpha value is -3.09. The van der Waals surface area contributed by atoms with E-state index >= 15 is 0 Å². The summed E-state index contributed by atoms with van der Waals surface area (Å²) in [5.74, 6) is -0.442. The maximum Gasteiger partial charge on any atom is 0.266 e. The van der Waals surface area contributed by atoms with Gasteiger partial charge in [-0.15, -0.1) is 0 Å². The minimum absolute atomic E-state index is 0.0329. The van der Waals surface area contributed by atoms with Crippen molar-refractivity contribution in [2.24, 2.45) is 0 Å². The number of hydrogen-bond donors (Lipinski definition) is 1. The lowest BCUT2D eigenvalue weighted by Gasteiger charge is -2.06. The third kappa shape index (κ3) is 3.62. The van der Waals surface area contributed by atoms with Crippen LogP contribution in [0.15, 0.2) is 72.3 Å². The van der Waals surface area contributed by atoms with Crippen molar-refractivity contribution in [3.8, 4) is 6.07 Å². The van der Waals surface area contributed by atoms with E-state index in [0.29, 0.717) is 10.7 Å². The van der Waals surface area contributed by atoms with Gasteiger partial charge in [0.15, 0.2) is 0 Å². The van der Waals surface area contributed by atoms with Gasteiger partial charge in [-0.1, -0.05) is 54.1 Å². The van der Waals surface area contributed by atoms with Crippen molar-refractivity contribution in [2.45, 2.75) is 0 Å². The number of hydrogen-bond acceptors (Lipinski definition) is 2. The number of amides is 1. The van der Waals surface area contributed by atoms with Crippen LogP contribution in [0.25, 0.3) is 16.8 Å². The van der Waals surface area contributed by atoms with Crippen LogP contribution in [0.5, 0.6) is 0 Å². The second kappa shape index (κ2) is 6.99. The Morgan fingerprint density at radius 3 is 2.42 bits per heavy atom. The van der Waals surface area contributed by atoms with Crippen LogP contribution in [-0.2, 0) is 4.79 Å². The number of nitrogens with zero attached hydrogens (tertiary/aromatic N) is 1. The number of anilines is 1. The third-order valence-electron chi connectivity index (χ3n) is 3.55. The lowest BCUT2D eigenvalue weighted by Crippen LogP contribution is -2.13. The number of fused-ring (bicyclic) bond motifs is 1. The molecule has 4 heteroatoms. The predicted octanol–water partition coefficient (Wildman–Crippen LogP) is 5.04. The molecule has 0 aliphatic heterocycles. The molecule has 0 unspecified atom stereocenters. The van der Waals surface area contributed by atoms with E-state index in [9.17, 15) is 10.1 Å². The highest BCUT2D eigenvalue weighted by atomic mass is 35.5. The number of carbonyl (C=O) groups is 1. The maximum absolute atomic E-state index is 12.3. The summed E-state index contributed by atoms with van der Waals surface area (Å²) in [4.78, 5) is 12.3. The molecule has 3 aromatic carbocycles. The highest BCUT2D eigenvalue weighted by Gasteiger charge is 2.09. The molecule has 0 atom stereocenters. The molecule has 3 rings (SSSR count). The average molecular weight is 333 g/mol. The Kier molecular flexibility index (Phi) is 4.60. The zero-order valence-corrected chi connectivity index (χ0v) is 13.4. The van der Waals surface area contributed by atoms with Gasteiger partial charge in [0.25, 0.3) is 5.91 Å². The lowest BCUT2D eigenvalue weighted by atomic mass is 10.1. The summed E-state index contributed by atoms with van der Waals surface area (Å²) in [6, 6.07) is 22.4. The van der Waals surface area contributed by atoms with Gasteiger partial charge in [0.2, 0.25) is 0 Å². The monoisotopic (exact) mass is 332 g/mol. The van der Waals surface area contributed by atoms with Crippen molar-refractivity contribution in [3.63, 3.8) is 0 Å². The number of rotatable bonds is 3. The summed E-state index contributed by atoms with van der Waals surface area (Å²) in [7, 11) is 0. The Bertz CT molecular complexity index is 969. The molecule has 1 N–H and O–H groups in total. The zero-order chi connectivity index (χ0) is 16.9. The van der Waals surface area contributed by atoms with Crippen LogP contribution in [0.4, 0.5) is 5.69 Å². The van der Waals surface area contributed by atoms with Crippen LogP contribution >= 0.6 is 11.6 Å². The Morgan fingerprint density at radius 2 is 1.71 bits per heavy atom. The van der Waals surface area contributed by atoms with Gasteiger partial charge in [-0.3, -0.25) is 4.79 Å². The largest absolute Gasteiger partial charge is 0.321 e. The van der Waals surface area contributed by atoms with Crippen molar-refractivity contribution in [3.05, 3.63) is 82.9 Å². The second-order valence-electron chi connectivity index (χ2n) is 5.24. The van der Waals surface area contributed by atoms with Crippen LogP contribution in [-0.4, -0.2) is 5.91 Å². The van der Waals surface area contributed by atoms with Crippen LogP contribution in [0.2, 0.25) is 5.02 Å². The third-order valence-corrected chi connectivity index (χ3v) is 3.81. The normalized spacial score (nSPS) is 11.1. The molecule has 0 bridgehead atoms. The van der Waals surface area contributed by atoms with E-state index in [1.54, 1.807) is 24.3 Å².